The Morgan fingerprint density at radius 1 is 1.48 bits per heavy atom. The van der Waals surface area contributed by atoms with E-state index in [0.29, 0.717) is 19.7 Å². The van der Waals surface area contributed by atoms with E-state index >= 15 is 0 Å². The number of likely N-dealkylation sites (N-methyl/N-ethyl adjacent to an activating group) is 1. The lowest BCUT2D eigenvalue weighted by molar-refractivity contribution is -0.387. The first-order valence-electron chi connectivity index (χ1n) is 6.35. The van der Waals surface area contributed by atoms with Crippen LogP contribution < -0.4 is 5.32 Å². The first kappa shape index (κ1) is 17.0. The number of amides is 1. The molecule has 1 amide bonds. The van der Waals surface area contributed by atoms with E-state index in [1.54, 1.807) is 7.11 Å². The van der Waals surface area contributed by atoms with Gasteiger partial charge in [-0.2, -0.15) is 4.39 Å². The Morgan fingerprint density at radius 3 is 2.76 bits per heavy atom. The predicted octanol–water partition coefficient (Wildman–Crippen LogP) is 1.04. The summed E-state index contributed by atoms with van der Waals surface area (Å²) in [6.07, 6.45) is 0. The molecule has 0 heterocycles. The van der Waals surface area contributed by atoms with Gasteiger partial charge in [-0.3, -0.25) is 14.9 Å². The monoisotopic (exact) mass is 299 g/mol. The average Bonchev–Trinajstić information content (AvgIpc) is 2.44. The molecule has 0 aliphatic carbocycles. The molecule has 0 aliphatic heterocycles. The number of benzene rings is 1. The zero-order valence-corrected chi connectivity index (χ0v) is 12.0. The molecule has 0 atom stereocenters. The van der Waals surface area contributed by atoms with Crippen LogP contribution >= 0.6 is 0 Å². The number of nitro benzene ring substituents is 1. The number of halogens is 1. The van der Waals surface area contributed by atoms with Crippen LogP contribution in [0.25, 0.3) is 0 Å². The number of hydrogen-bond donors (Lipinski definition) is 1. The number of carbonyl (C=O) groups excluding carboxylic acids is 1. The summed E-state index contributed by atoms with van der Waals surface area (Å²) in [5, 5.41) is 13.1. The van der Waals surface area contributed by atoms with Crippen LogP contribution in [0.3, 0.4) is 0 Å². The molecular weight excluding hydrogens is 281 g/mol. The van der Waals surface area contributed by atoms with Gasteiger partial charge in [0.15, 0.2) is 0 Å². The van der Waals surface area contributed by atoms with Crippen LogP contribution in [0.4, 0.5) is 10.1 Å². The molecule has 1 aromatic rings. The summed E-state index contributed by atoms with van der Waals surface area (Å²) >= 11 is 0. The highest BCUT2D eigenvalue weighted by atomic mass is 19.1. The van der Waals surface area contributed by atoms with Crippen molar-refractivity contribution in [2.45, 2.75) is 0 Å². The summed E-state index contributed by atoms with van der Waals surface area (Å²) in [4.78, 5) is 23.4. The molecule has 1 aromatic carbocycles. The van der Waals surface area contributed by atoms with Crippen molar-refractivity contribution in [3.05, 3.63) is 39.7 Å². The molecule has 1 rings (SSSR count). The maximum Gasteiger partial charge on any atom is 0.304 e. The second-order valence-corrected chi connectivity index (χ2v) is 4.48. The second kappa shape index (κ2) is 8.28. The standard InChI is InChI=1S/C13H18FN3O4/c1-16(7-8-21-2)6-5-15-13(18)10-3-4-12(17(19)20)11(14)9-10/h3-4,9H,5-8H2,1-2H3,(H,15,18). The zero-order valence-electron chi connectivity index (χ0n) is 12.0. The van der Waals surface area contributed by atoms with Gasteiger partial charge in [0.2, 0.25) is 5.82 Å². The smallest absolute Gasteiger partial charge is 0.304 e. The summed E-state index contributed by atoms with van der Waals surface area (Å²) < 4.78 is 18.3. The summed E-state index contributed by atoms with van der Waals surface area (Å²) in [6.45, 7) is 2.33. The highest BCUT2D eigenvalue weighted by Gasteiger charge is 2.16. The van der Waals surface area contributed by atoms with E-state index in [9.17, 15) is 19.3 Å². The predicted molar refractivity (Wildman–Crippen MR) is 74.8 cm³/mol. The van der Waals surface area contributed by atoms with Crippen molar-refractivity contribution in [2.24, 2.45) is 0 Å². The lowest BCUT2D eigenvalue weighted by Crippen LogP contribution is -2.34. The molecule has 0 saturated heterocycles. The van der Waals surface area contributed by atoms with Crippen LogP contribution in [0.15, 0.2) is 18.2 Å². The Hall–Kier alpha value is -2.06. The molecule has 7 nitrogen and oxygen atoms in total. The molecule has 0 bridgehead atoms. The van der Waals surface area contributed by atoms with Gasteiger partial charge < -0.3 is 15.0 Å². The van der Waals surface area contributed by atoms with E-state index in [2.05, 4.69) is 5.32 Å². The Kier molecular flexibility index (Phi) is 6.70. The van der Waals surface area contributed by atoms with E-state index in [0.717, 1.165) is 18.7 Å². The van der Waals surface area contributed by atoms with Gasteiger partial charge in [-0.15, -0.1) is 0 Å². The Balaban J connectivity index is 2.49. The van der Waals surface area contributed by atoms with Crippen molar-refractivity contribution >= 4 is 11.6 Å². The summed E-state index contributed by atoms with van der Waals surface area (Å²) in [6, 6.07) is 3.07. The molecule has 8 heteroatoms. The fourth-order valence-electron chi connectivity index (χ4n) is 1.62. The van der Waals surface area contributed by atoms with Crippen LogP contribution in [0.1, 0.15) is 10.4 Å². The van der Waals surface area contributed by atoms with Crippen LogP contribution in [0, 0.1) is 15.9 Å². The average molecular weight is 299 g/mol. The normalized spacial score (nSPS) is 10.7. The highest BCUT2D eigenvalue weighted by molar-refractivity contribution is 5.94. The van der Waals surface area contributed by atoms with Crippen molar-refractivity contribution in [2.75, 3.05) is 40.4 Å². The van der Waals surface area contributed by atoms with Gasteiger partial charge >= 0.3 is 5.69 Å². The molecule has 0 spiro atoms. The minimum absolute atomic E-state index is 0.0534. The van der Waals surface area contributed by atoms with Crippen LogP contribution in [-0.4, -0.2) is 56.1 Å². The molecular formula is C13H18FN3O4. The minimum atomic E-state index is -1.02. The zero-order chi connectivity index (χ0) is 15.8. The van der Waals surface area contributed by atoms with E-state index in [1.807, 2.05) is 11.9 Å². The number of nitro groups is 1. The molecule has 0 aliphatic rings. The van der Waals surface area contributed by atoms with Crippen LogP contribution in [-0.2, 0) is 4.74 Å². The first-order valence-corrected chi connectivity index (χ1v) is 6.35. The van der Waals surface area contributed by atoms with Gasteiger partial charge in [0.1, 0.15) is 0 Å². The third-order valence-corrected chi connectivity index (χ3v) is 2.86. The molecule has 116 valence electrons. The number of nitrogens with zero attached hydrogens (tertiary/aromatic N) is 2. The summed E-state index contributed by atoms with van der Waals surface area (Å²) in [7, 11) is 3.50. The van der Waals surface area contributed by atoms with E-state index < -0.39 is 22.3 Å². The van der Waals surface area contributed by atoms with Gasteiger partial charge in [-0.05, 0) is 19.2 Å². The highest BCUT2D eigenvalue weighted by Crippen LogP contribution is 2.17. The molecule has 0 unspecified atom stereocenters. The summed E-state index contributed by atoms with van der Waals surface area (Å²) in [5.74, 6) is -1.49. The lowest BCUT2D eigenvalue weighted by atomic mass is 10.2. The van der Waals surface area contributed by atoms with Gasteiger partial charge in [-0.25, -0.2) is 0 Å². The number of rotatable bonds is 8. The number of hydrogen-bond acceptors (Lipinski definition) is 5. The Labute approximate surface area is 121 Å². The van der Waals surface area contributed by atoms with Crippen molar-refractivity contribution in [1.82, 2.24) is 10.2 Å². The maximum absolute atomic E-state index is 13.4. The van der Waals surface area contributed by atoms with Crippen molar-refractivity contribution in [3.63, 3.8) is 0 Å². The number of carbonyl (C=O) groups is 1. The quantitative estimate of drug-likeness (QED) is 0.573. The second-order valence-electron chi connectivity index (χ2n) is 4.48. The van der Waals surface area contributed by atoms with Crippen molar-refractivity contribution in [1.29, 1.82) is 0 Å². The Bertz CT molecular complexity index is 510. The Morgan fingerprint density at radius 2 is 2.19 bits per heavy atom. The van der Waals surface area contributed by atoms with Crippen LogP contribution in [0.2, 0.25) is 0 Å². The van der Waals surface area contributed by atoms with E-state index in [-0.39, 0.29) is 5.56 Å². The van der Waals surface area contributed by atoms with E-state index in [1.165, 1.54) is 6.07 Å². The first-order chi connectivity index (χ1) is 9.95. The number of methoxy groups -OCH3 is 1. The van der Waals surface area contributed by atoms with Gasteiger partial charge in [0, 0.05) is 38.4 Å². The number of ether oxygens (including phenoxy) is 1. The molecule has 1 N–H and O–H groups in total. The van der Waals surface area contributed by atoms with Crippen molar-refractivity contribution < 1.29 is 18.8 Å². The number of nitrogens with one attached hydrogen (secondary N) is 1. The van der Waals surface area contributed by atoms with Crippen LogP contribution in [0.5, 0.6) is 0 Å². The summed E-state index contributed by atoms with van der Waals surface area (Å²) in [5.41, 5.74) is -0.594. The van der Waals surface area contributed by atoms with E-state index in [4.69, 9.17) is 4.74 Å². The fourth-order valence-corrected chi connectivity index (χ4v) is 1.62. The van der Waals surface area contributed by atoms with Gasteiger partial charge in [0.05, 0.1) is 11.5 Å². The largest absolute Gasteiger partial charge is 0.383 e. The third kappa shape index (κ3) is 5.44. The molecule has 0 saturated carbocycles. The van der Waals surface area contributed by atoms with Gasteiger partial charge in [0.25, 0.3) is 5.91 Å². The SMILES string of the molecule is COCCN(C)CCNC(=O)c1ccc([N+](=O)[O-])c(F)c1. The molecule has 21 heavy (non-hydrogen) atoms. The molecule has 0 fully saturated rings. The maximum atomic E-state index is 13.4. The van der Waals surface area contributed by atoms with Gasteiger partial charge in [-0.1, -0.05) is 0 Å². The topological polar surface area (TPSA) is 84.7 Å². The van der Waals surface area contributed by atoms with Crippen molar-refractivity contribution in [3.8, 4) is 0 Å². The molecule has 0 aromatic heterocycles. The third-order valence-electron chi connectivity index (χ3n) is 2.86. The minimum Gasteiger partial charge on any atom is -0.383 e. The lowest BCUT2D eigenvalue weighted by Gasteiger charge is -2.16. The molecule has 0 radical (unpaired) electrons. The fraction of sp³-hybridized carbons (Fsp3) is 0.462.